The van der Waals surface area contributed by atoms with E-state index in [0.29, 0.717) is 37.1 Å². The number of likely N-dealkylation sites (tertiary alicyclic amines) is 1. The fourth-order valence-electron chi connectivity index (χ4n) is 4.52. The van der Waals surface area contributed by atoms with Gasteiger partial charge >= 0.3 is 0 Å². The van der Waals surface area contributed by atoms with Crippen molar-refractivity contribution in [2.45, 2.75) is 25.7 Å². The van der Waals surface area contributed by atoms with Crippen molar-refractivity contribution in [3.63, 3.8) is 0 Å². The van der Waals surface area contributed by atoms with Gasteiger partial charge in [-0.25, -0.2) is 8.78 Å². The molecule has 2 heterocycles. The maximum Gasteiger partial charge on any atom is 0.254 e. The number of halogens is 2. The molecule has 1 amide bonds. The van der Waals surface area contributed by atoms with Crippen molar-refractivity contribution in [1.82, 2.24) is 9.88 Å². The minimum Gasteiger partial charge on any atom is -0.339 e. The van der Waals surface area contributed by atoms with E-state index >= 15 is 0 Å². The van der Waals surface area contributed by atoms with Crippen molar-refractivity contribution < 1.29 is 13.6 Å². The number of aromatic nitrogens is 1. The van der Waals surface area contributed by atoms with Crippen LogP contribution in [0.15, 0.2) is 67.0 Å². The first-order valence-electron chi connectivity index (χ1n) is 10.6. The van der Waals surface area contributed by atoms with E-state index in [-0.39, 0.29) is 11.8 Å². The van der Waals surface area contributed by atoms with Gasteiger partial charge in [-0.3, -0.25) is 9.78 Å². The summed E-state index contributed by atoms with van der Waals surface area (Å²) in [5.41, 5.74) is 2.02. The van der Waals surface area contributed by atoms with Crippen LogP contribution in [0.3, 0.4) is 0 Å². The zero-order chi connectivity index (χ0) is 22.7. The molecule has 1 aromatic heterocycles. The molecule has 6 heteroatoms. The van der Waals surface area contributed by atoms with E-state index in [2.05, 4.69) is 11.1 Å². The zero-order valence-electron chi connectivity index (χ0n) is 17.8. The van der Waals surface area contributed by atoms with Crippen LogP contribution in [0.2, 0.25) is 0 Å². The number of nitriles is 1. The molecule has 1 fully saturated rings. The van der Waals surface area contributed by atoms with Gasteiger partial charge in [0.25, 0.3) is 5.91 Å². The van der Waals surface area contributed by atoms with E-state index in [1.165, 1.54) is 12.1 Å². The molecule has 0 unspecified atom stereocenters. The zero-order valence-corrected chi connectivity index (χ0v) is 17.8. The average molecular weight is 431 g/mol. The van der Waals surface area contributed by atoms with Gasteiger partial charge in [0, 0.05) is 43.0 Å². The molecule has 4 rings (SSSR count). The van der Waals surface area contributed by atoms with Gasteiger partial charge in [0.2, 0.25) is 0 Å². The molecule has 0 saturated carbocycles. The number of carbonyl (C=O) groups excluding carboxylic acids is 1. The summed E-state index contributed by atoms with van der Waals surface area (Å²) in [6.07, 6.45) is 4.25. The summed E-state index contributed by atoms with van der Waals surface area (Å²) >= 11 is 0. The van der Waals surface area contributed by atoms with Crippen LogP contribution in [0.5, 0.6) is 0 Å². The molecule has 2 aromatic carbocycles. The SMILES string of the molecule is C[C@@H](c1cc(F)cc(F)c1)C1(C#N)CCN(C(=O)c2ccccc2-c2ccncc2)CC1. The Morgan fingerprint density at radius 1 is 1.06 bits per heavy atom. The Labute approximate surface area is 186 Å². The molecule has 0 bridgehead atoms. The van der Waals surface area contributed by atoms with Gasteiger partial charge in [-0.2, -0.15) is 5.26 Å². The maximum absolute atomic E-state index is 13.7. The number of pyridine rings is 1. The largest absolute Gasteiger partial charge is 0.339 e. The summed E-state index contributed by atoms with van der Waals surface area (Å²) < 4.78 is 27.5. The molecule has 3 aromatic rings. The molecule has 4 nitrogen and oxygen atoms in total. The van der Waals surface area contributed by atoms with Crippen LogP contribution < -0.4 is 0 Å². The van der Waals surface area contributed by atoms with Crippen LogP contribution >= 0.6 is 0 Å². The van der Waals surface area contributed by atoms with E-state index < -0.39 is 17.0 Å². The summed E-state index contributed by atoms with van der Waals surface area (Å²) in [6, 6.07) is 17.0. The van der Waals surface area contributed by atoms with Crippen molar-refractivity contribution in [2.24, 2.45) is 5.41 Å². The third kappa shape index (κ3) is 4.11. The lowest BCUT2D eigenvalue weighted by atomic mass is 9.68. The first-order chi connectivity index (χ1) is 15.4. The topological polar surface area (TPSA) is 57.0 Å². The van der Waals surface area contributed by atoms with Crippen molar-refractivity contribution in [3.05, 3.63) is 89.8 Å². The number of amides is 1. The van der Waals surface area contributed by atoms with E-state index in [0.717, 1.165) is 17.2 Å². The van der Waals surface area contributed by atoms with Crippen molar-refractivity contribution in [2.75, 3.05) is 13.1 Å². The highest BCUT2D eigenvalue weighted by molar-refractivity contribution is 6.00. The average Bonchev–Trinajstić information content (AvgIpc) is 2.83. The van der Waals surface area contributed by atoms with Gasteiger partial charge < -0.3 is 4.90 Å². The molecule has 1 aliphatic rings. The van der Waals surface area contributed by atoms with Crippen LogP contribution in [0.25, 0.3) is 11.1 Å². The molecule has 1 saturated heterocycles. The van der Waals surface area contributed by atoms with Crippen molar-refractivity contribution in [1.29, 1.82) is 5.26 Å². The highest BCUT2D eigenvalue weighted by Crippen LogP contribution is 2.44. The fraction of sp³-hybridized carbons (Fsp3) is 0.269. The van der Waals surface area contributed by atoms with Crippen LogP contribution in [0, 0.1) is 28.4 Å². The molecule has 0 spiro atoms. The minimum absolute atomic E-state index is 0.0894. The number of piperidine rings is 1. The first kappa shape index (κ1) is 21.6. The first-order valence-corrected chi connectivity index (χ1v) is 10.6. The van der Waals surface area contributed by atoms with Crippen LogP contribution in [0.1, 0.15) is 41.6 Å². The van der Waals surface area contributed by atoms with Crippen molar-refractivity contribution >= 4 is 5.91 Å². The predicted octanol–water partition coefficient (Wildman–Crippen LogP) is 5.58. The smallest absolute Gasteiger partial charge is 0.254 e. The molecule has 0 N–H and O–H groups in total. The Hall–Kier alpha value is -3.59. The second-order valence-corrected chi connectivity index (χ2v) is 8.27. The van der Waals surface area contributed by atoms with Crippen molar-refractivity contribution in [3.8, 4) is 17.2 Å². The maximum atomic E-state index is 13.7. The number of carbonyl (C=O) groups is 1. The summed E-state index contributed by atoms with van der Waals surface area (Å²) in [5, 5.41) is 10.00. The predicted molar refractivity (Wildman–Crippen MR) is 118 cm³/mol. The quantitative estimate of drug-likeness (QED) is 0.542. The number of benzene rings is 2. The number of hydrogen-bond donors (Lipinski definition) is 0. The minimum atomic E-state index is -0.790. The van der Waals surface area contributed by atoms with E-state index in [9.17, 15) is 18.8 Å². The summed E-state index contributed by atoms with van der Waals surface area (Å²) in [5.74, 6) is -1.76. The molecular formula is C26H23F2N3O. The number of nitrogens with zero attached hydrogens (tertiary/aromatic N) is 3. The van der Waals surface area contributed by atoms with Crippen LogP contribution in [-0.2, 0) is 0 Å². The van der Waals surface area contributed by atoms with E-state index in [1.54, 1.807) is 17.3 Å². The molecule has 1 aliphatic heterocycles. The molecule has 0 radical (unpaired) electrons. The Bertz CT molecular complexity index is 1140. The van der Waals surface area contributed by atoms with Gasteiger partial charge in [-0.1, -0.05) is 25.1 Å². The lowest BCUT2D eigenvalue weighted by Crippen LogP contribution is -2.44. The van der Waals surface area contributed by atoms with Gasteiger partial charge in [0.1, 0.15) is 11.6 Å². The lowest BCUT2D eigenvalue weighted by Gasteiger charge is -2.41. The molecule has 0 aliphatic carbocycles. The standard InChI is InChI=1S/C26H23F2N3O/c1-18(20-14-21(27)16-22(28)15-20)26(17-29)8-12-31(13-9-26)25(32)24-5-3-2-4-23(24)19-6-10-30-11-7-19/h2-7,10-11,14-16,18H,8-9,12-13H2,1H3/t18-/m0/s1. The Morgan fingerprint density at radius 3 is 2.31 bits per heavy atom. The van der Waals surface area contributed by atoms with Gasteiger partial charge in [0.15, 0.2) is 0 Å². The number of rotatable bonds is 4. The summed E-state index contributed by atoms with van der Waals surface area (Å²) in [7, 11) is 0. The normalized spacial score (nSPS) is 16.2. The van der Waals surface area contributed by atoms with E-state index in [1.807, 2.05) is 43.3 Å². The number of hydrogen-bond acceptors (Lipinski definition) is 3. The lowest BCUT2D eigenvalue weighted by molar-refractivity contribution is 0.0624. The Morgan fingerprint density at radius 2 is 1.69 bits per heavy atom. The Balaban J connectivity index is 1.55. The van der Waals surface area contributed by atoms with E-state index in [4.69, 9.17) is 0 Å². The molecular weight excluding hydrogens is 408 g/mol. The highest BCUT2D eigenvalue weighted by atomic mass is 19.1. The highest BCUT2D eigenvalue weighted by Gasteiger charge is 2.42. The second-order valence-electron chi connectivity index (χ2n) is 8.27. The van der Waals surface area contributed by atoms with Crippen LogP contribution in [-0.4, -0.2) is 28.9 Å². The van der Waals surface area contributed by atoms with Gasteiger partial charge in [0.05, 0.1) is 11.5 Å². The third-order valence-electron chi connectivity index (χ3n) is 6.53. The molecule has 162 valence electrons. The monoisotopic (exact) mass is 431 g/mol. The summed E-state index contributed by atoms with van der Waals surface area (Å²) in [4.78, 5) is 19.1. The second kappa shape index (κ2) is 8.88. The summed E-state index contributed by atoms with van der Waals surface area (Å²) in [6.45, 7) is 2.63. The Kier molecular flexibility index (Phi) is 6.00. The fourth-order valence-corrected chi connectivity index (χ4v) is 4.52. The van der Waals surface area contributed by atoms with Crippen LogP contribution in [0.4, 0.5) is 8.78 Å². The third-order valence-corrected chi connectivity index (χ3v) is 6.53. The van der Waals surface area contributed by atoms with Gasteiger partial charge in [-0.05, 0) is 59.9 Å². The molecule has 32 heavy (non-hydrogen) atoms. The van der Waals surface area contributed by atoms with Gasteiger partial charge in [-0.15, -0.1) is 0 Å². The molecule has 1 atom stereocenters.